The first-order chi connectivity index (χ1) is 10.8. The Morgan fingerprint density at radius 1 is 0.864 bits per heavy atom. The SMILES string of the molecule is Cc1ccc(C2Nc3ccccc3C(c3ccccc3)N2)s1. The van der Waals surface area contributed by atoms with Crippen molar-refractivity contribution < 1.29 is 0 Å². The van der Waals surface area contributed by atoms with E-state index < -0.39 is 0 Å². The average molecular weight is 306 g/mol. The molecule has 2 nitrogen and oxygen atoms in total. The number of hydrogen-bond acceptors (Lipinski definition) is 3. The fraction of sp³-hybridized carbons (Fsp3) is 0.158. The van der Waals surface area contributed by atoms with Gasteiger partial charge in [-0.2, -0.15) is 0 Å². The molecule has 3 aromatic rings. The topological polar surface area (TPSA) is 24.1 Å². The summed E-state index contributed by atoms with van der Waals surface area (Å²) >= 11 is 1.84. The number of fused-ring (bicyclic) bond motifs is 1. The van der Waals surface area contributed by atoms with Crippen LogP contribution in [-0.2, 0) is 0 Å². The van der Waals surface area contributed by atoms with Crippen molar-refractivity contribution in [1.82, 2.24) is 5.32 Å². The van der Waals surface area contributed by atoms with Crippen molar-refractivity contribution in [3.05, 3.63) is 87.6 Å². The van der Waals surface area contributed by atoms with Gasteiger partial charge in [-0.1, -0.05) is 48.5 Å². The van der Waals surface area contributed by atoms with Crippen LogP contribution in [0.3, 0.4) is 0 Å². The van der Waals surface area contributed by atoms with Crippen molar-refractivity contribution in [2.24, 2.45) is 0 Å². The minimum atomic E-state index is 0.152. The first-order valence-electron chi connectivity index (χ1n) is 7.54. The highest BCUT2D eigenvalue weighted by Gasteiger charge is 2.27. The molecule has 110 valence electrons. The summed E-state index contributed by atoms with van der Waals surface area (Å²) in [5.41, 5.74) is 3.82. The van der Waals surface area contributed by atoms with Crippen LogP contribution in [0.1, 0.15) is 33.1 Å². The van der Waals surface area contributed by atoms with Gasteiger partial charge in [0.25, 0.3) is 0 Å². The summed E-state index contributed by atoms with van der Waals surface area (Å²) in [4.78, 5) is 2.67. The quantitative estimate of drug-likeness (QED) is 0.706. The molecule has 0 bridgehead atoms. The second-order valence-corrected chi connectivity index (χ2v) is 6.94. The predicted molar refractivity (Wildman–Crippen MR) is 93.3 cm³/mol. The molecule has 0 saturated heterocycles. The Balaban J connectivity index is 1.77. The van der Waals surface area contributed by atoms with E-state index in [-0.39, 0.29) is 12.2 Å². The fourth-order valence-corrected chi connectivity index (χ4v) is 3.91. The third kappa shape index (κ3) is 2.43. The van der Waals surface area contributed by atoms with Gasteiger partial charge in [0.1, 0.15) is 6.17 Å². The van der Waals surface area contributed by atoms with Crippen molar-refractivity contribution >= 4 is 17.0 Å². The number of thiophene rings is 1. The molecule has 3 heteroatoms. The number of para-hydroxylation sites is 1. The van der Waals surface area contributed by atoms with E-state index in [1.165, 1.54) is 26.6 Å². The predicted octanol–water partition coefficient (Wildman–Crippen LogP) is 4.86. The van der Waals surface area contributed by atoms with Gasteiger partial charge in [-0.3, -0.25) is 5.32 Å². The maximum atomic E-state index is 3.75. The van der Waals surface area contributed by atoms with Gasteiger partial charge in [0.05, 0.1) is 6.04 Å². The largest absolute Gasteiger partial charge is 0.365 e. The molecule has 0 fully saturated rings. The lowest BCUT2D eigenvalue weighted by Crippen LogP contribution is -2.36. The third-order valence-electron chi connectivity index (χ3n) is 4.08. The number of hydrogen-bond donors (Lipinski definition) is 2. The summed E-state index contributed by atoms with van der Waals surface area (Å²) < 4.78 is 0. The highest BCUT2D eigenvalue weighted by atomic mass is 32.1. The molecule has 0 aliphatic carbocycles. The van der Waals surface area contributed by atoms with E-state index in [2.05, 4.69) is 84.3 Å². The molecule has 2 atom stereocenters. The molecule has 0 radical (unpaired) electrons. The molecule has 2 heterocycles. The van der Waals surface area contributed by atoms with Crippen LogP contribution in [0.2, 0.25) is 0 Å². The van der Waals surface area contributed by atoms with Crippen molar-refractivity contribution in [2.45, 2.75) is 19.1 Å². The number of anilines is 1. The summed E-state index contributed by atoms with van der Waals surface area (Å²) in [7, 11) is 0. The lowest BCUT2D eigenvalue weighted by atomic mass is 9.94. The van der Waals surface area contributed by atoms with E-state index in [0.29, 0.717) is 0 Å². The van der Waals surface area contributed by atoms with Crippen molar-refractivity contribution in [1.29, 1.82) is 0 Å². The zero-order valence-corrected chi connectivity index (χ0v) is 13.2. The van der Waals surface area contributed by atoms with E-state index in [0.717, 1.165) is 0 Å². The number of benzene rings is 2. The van der Waals surface area contributed by atoms with E-state index in [9.17, 15) is 0 Å². The van der Waals surface area contributed by atoms with Crippen LogP contribution in [0.4, 0.5) is 5.69 Å². The summed E-state index contributed by atoms with van der Waals surface area (Å²) in [6.07, 6.45) is 0.152. The third-order valence-corrected chi connectivity index (χ3v) is 5.15. The Hall–Kier alpha value is -2.10. The lowest BCUT2D eigenvalue weighted by molar-refractivity contribution is 0.512. The number of aryl methyl sites for hydroxylation is 1. The Morgan fingerprint density at radius 2 is 1.64 bits per heavy atom. The van der Waals surface area contributed by atoms with Gasteiger partial charge in [-0.05, 0) is 36.2 Å². The molecule has 1 aromatic heterocycles. The average Bonchev–Trinajstić information content (AvgIpc) is 3.01. The van der Waals surface area contributed by atoms with Gasteiger partial charge in [0, 0.05) is 15.4 Å². The maximum absolute atomic E-state index is 3.75. The van der Waals surface area contributed by atoms with E-state index in [1.807, 2.05) is 11.3 Å². The maximum Gasteiger partial charge on any atom is 0.113 e. The fourth-order valence-electron chi connectivity index (χ4n) is 3.02. The van der Waals surface area contributed by atoms with Crippen LogP contribution in [0, 0.1) is 6.92 Å². The van der Waals surface area contributed by atoms with Crippen molar-refractivity contribution in [2.75, 3.05) is 5.32 Å². The first-order valence-corrected chi connectivity index (χ1v) is 8.36. The first kappa shape index (κ1) is 13.6. The lowest BCUT2D eigenvalue weighted by Gasteiger charge is -2.34. The number of nitrogens with one attached hydrogen (secondary N) is 2. The summed E-state index contributed by atoms with van der Waals surface area (Å²) in [5.74, 6) is 0. The van der Waals surface area contributed by atoms with Crippen LogP contribution >= 0.6 is 11.3 Å². The van der Waals surface area contributed by atoms with E-state index in [1.54, 1.807) is 0 Å². The van der Waals surface area contributed by atoms with Gasteiger partial charge in [-0.15, -0.1) is 11.3 Å². The van der Waals surface area contributed by atoms with Crippen LogP contribution in [0.5, 0.6) is 0 Å². The molecule has 22 heavy (non-hydrogen) atoms. The van der Waals surface area contributed by atoms with Crippen LogP contribution in [-0.4, -0.2) is 0 Å². The van der Waals surface area contributed by atoms with Gasteiger partial charge in [0.2, 0.25) is 0 Å². The molecule has 2 N–H and O–H groups in total. The van der Waals surface area contributed by atoms with E-state index in [4.69, 9.17) is 0 Å². The van der Waals surface area contributed by atoms with Crippen LogP contribution in [0.15, 0.2) is 66.7 Å². The smallest absolute Gasteiger partial charge is 0.113 e. The Kier molecular flexibility index (Phi) is 3.45. The summed E-state index contributed by atoms with van der Waals surface area (Å²) in [6, 6.07) is 23.8. The molecule has 0 amide bonds. The number of rotatable bonds is 2. The van der Waals surface area contributed by atoms with Crippen LogP contribution < -0.4 is 10.6 Å². The second-order valence-electron chi connectivity index (χ2n) is 5.62. The van der Waals surface area contributed by atoms with E-state index >= 15 is 0 Å². The van der Waals surface area contributed by atoms with Gasteiger partial charge in [-0.25, -0.2) is 0 Å². The monoisotopic (exact) mass is 306 g/mol. The van der Waals surface area contributed by atoms with Gasteiger partial charge < -0.3 is 5.32 Å². The highest BCUT2D eigenvalue weighted by Crippen LogP contribution is 2.37. The minimum absolute atomic E-state index is 0.152. The minimum Gasteiger partial charge on any atom is -0.365 e. The normalized spacial score (nSPS) is 20.2. The van der Waals surface area contributed by atoms with Gasteiger partial charge >= 0.3 is 0 Å². The highest BCUT2D eigenvalue weighted by molar-refractivity contribution is 7.12. The zero-order chi connectivity index (χ0) is 14.9. The zero-order valence-electron chi connectivity index (χ0n) is 12.4. The summed E-state index contributed by atoms with van der Waals surface area (Å²) in [6.45, 7) is 2.15. The molecule has 2 unspecified atom stereocenters. The van der Waals surface area contributed by atoms with Gasteiger partial charge in [0.15, 0.2) is 0 Å². The van der Waals surface area contributed by atoms with Crippen molar-refractivity contribution in [3.63, 3.8) is 0 Å². The Labute approximate surface area is 134 Å². The molecule has 4 rings (SSSR count). The second kappa shape index (κ2) is 5.59. The summed E-state index contributed by atoms with van der Waals surface area (Å²) in [5, 5.41) is 7.38. The molecule has 2 aromatic carbocycles. The molecule has 1 aliphatic rings. The van der Waals surface area contributed by atoms with Crippen LogP contribution in [0.25, 0.3) is 0 Å². The molecule has 0 spiro atoms. The standard InChI is InChI=1S/C19H18N2S/c1-13-11-12-17(22-13)19-20-16-10-6-5-9-15(16)18(21-19)14-7-3-2-4-8-14/h2-12,18-21H,1H3. The Morgan fingerprint density at radius 3 is 2.41 bits per heavy atom. The van der Waals surface area contributed by atoms with Crippen molar-refractivity contribution in [3.8, 4) is 0 Å². The molecular weight excluding hydrogens is 288 g/mol. The molecular formula is C19H18N2S. The molecule has 0 saturated carbocycles. The molecule has 1 aliphatic heterocycles. The Bertz CT molecular complexity index is 779.